The second kappa shape index (κ2) is 8.50. The van der Waals surface area contributed by atoms with Gasteiger partial charge in [0.05, 0.1) is 39.4 Å². The van der Waals surface area contributed by atoms with Crippen molar-refractivity contribution in [1.29, 1.82) is 5.26 Å². The summed E-state index contributed by atoms with van der Waals surface area (Å²) in [6.45, 7) is 2.60. The van der Waals surface area contributed by atoms with Gasteiger partial charge in [-0.15, -0.1) is 11.3 Å². The fourth-order valence-corrected chi connectivity index (χ4v) is 6.15. The zero-order valence-electron chi connectivity index (χ0n) is 18.7. The van der Waals surface area contributed by atoms with Crippen LogP contribution in [0.1, 0.15) is 50.5 Å². The first-order valence-electron chi connectivity index (χ1n) is 10.9. The van der Waals surface area contributed by atoms with Gasteiger partial charge in [-0.05, 0) is 43.0 Å². The fourth-order valence-electron chi connectivity index (χ4n) is 4.42. The number of hydrogen-bond acceptors (Lipinski definition) is 6. The van der Waals surface area contributed by atoms with Gasteiger partial charge < -0.3 is 15.1 Å². The highest BCUT2D eigenvalue weighted by atomic mass is 35.5. The number of amidine groups is 1. The Hall–Kier alpha value is -2.55. The highest BCUT2D eigenvalue weighted by molar-refractivity contribution is 7.14. The first-order valence-corrected chi connectivity index (χ1v) is 12.5. The molecule has 3 heterocycles. The number of nitrogens with zero attached hydrogens (tertiary/aromatic N) is 3. The highest BCUT2D eigenvalue weighted by Gasteiger charge is 2.63. The number of carbonyl (C=O) groups is 1. The number of alkyl halides is 3. The fraction of sp³-hybridized carbons (Fsp3) is 0.435. The van der Waals surface area contributed by atoms with Crippen LogP contribution in [0, 0.1) is 29.5 Å². The maximum atomic E-state index is 14.3. The summed E-state index contributed by atoms with van der Waals surface area (Å²) in [7, 11) is 0. The third kappa shape index (κ3) is 3.99. The number of nitrogens with one attached hydrogen (secondary N) is 1. The number of halogens is 6. The largest absolute Gasteiger partial charge is 0.435 e. The molecule has 190 valence electrons. The molecule has 0 spiro atoms. The van der Waals surface area contributed by atoms with Crippen LogP contribution in [0.25, 0.3) is 0 Å². The first-order chi connectivity index (χ1) is 16.9. The molecule has 13 heteroatoms. The zero-order chi connectivity index (χ0) is 26.0. The zero-order valence-corrected chi connectivity index (χ0v) is 21.1. The molecule has 1 aliphatic carbocycles. The van der Waals surface area contributed by atoms with Crippen LogP contribution in [0.15, 0.2) is 17.3 Å². The van der Waals surface area contributed by atoms with E-state index in [0.717, 1.165) is 41.0 Å². The number of rotatable bonds is 4. The van der Waals surface area contributed by atoms with Crippen LogP contribution in [-0.4, -0.2) is 29.4 Å². The topological polar surface area (TPSA) is 77.7 Å². The minimum absolute atomic E-state index is 0.0717. The van der Waals surface area contributed by atoms with Gasteiger partial charge in [-0.2, -0.15) is 18.4 Å². The van der Waals surface area contributed by atoms with Crippen molar-refractivity contribution in [2.45, 2.75) is 51.1 Å². The lowest BCUT2D eigenvalue weighted by atomic mass is 9.89. The Balaban J connectivity index is 1.33. The SMILES string of the molecule is Cc1c(C(=O)NCC2(C#N)CC2)sc2c1CN(C1=NOC(c3cc(Cl)c(F)c(Cl)c3)(C(F)(F)F)C1)C2. The van der Waals surface area contributed by atoms with Crippen molar-refractivity contribution in [2.75, 3.05) is 6.54 Å². The Morgan fingerprint density at radius 2 is 1.97 bits per heavy atom. The van der Waals surface area contributed by atoms with Crippen LogP contribution in [0.4, 0.5) is 17.6 Å². The lowest BCUT2D eigenvalue weighted by Crippen LogP contribution is -2.44. The van der Waals surface area contributed by atoms with Gasteiger partial charge in [0.2, 0.25) is 0 Å². The van der Waals surface area contributed by atoms with Crippen molar-refractivity contribution in [2.24, 2.45) is 10.6 Å². The summed E-state index contributed by atoms with van der Waals surface area (Å²) in [5, 5.41) is 14.7. The van der Waals surface area contributed by atoms with Crippen molar-refractivity contribution in [3.05, 3.63) is 54.4 Å². The van der Waals surface area contributed by atoms with E-state index in [1.807, 2.05) is 0 Å². The maximum absolute atomic E-state index is 14.3. The predicted molar refractivity (Wildman–Crippen MR) is 125 cm³/mol. The maximum Gasteiger partial charge on any atom is 0.435 e. The smallest absolute Gasteiger partial charge is 0.372 e. The second-order valence-corrected chi connectivity index (χ2v) is 11.2. The lowest BCUT2D eigenvalue weighted by Gasteiger charge is -2.30. The van der Waals surface area contributed by atoms with Gasteiger partial charge in [0.1, 0.15) is 5.84 Å². The van der Waals surface area contributed by atoms with Crippen LogP contribution in [0.5, 0.6) is 0 Å². The standard InChI is InChI=1S/C23H18Cl2F4N4O2S/c1-11-13-7-33(8-16(13)36-19(11)20(34)31-10-21(9-30)2-3-21)17-6-22(35-32-17,23(27,28)29)12-4-14(24)18(26)15(25)5-12/h4-5H,2-3,6-8,10H2,1H3,(H,31,34). The molecule has 36 heavy (non-hydrogen) atoms. The molecule has 2 aromatic rings. The molecule has 1 fully saturated rings. The summed E-state index contributed by atoms with van der Waals surface area (Å²) in [5.41, 5.74) is -2.17. The van der Waals surface area contributed by atoms with Crippen molar-refractivity contribution in [3.63, 3.8) is 0 Å². The summed E-state index contributed by atoms with van der Waals surface area (Å²) in [4.78, 5) is 20.7. The minimum Gasteiger partial charge on any atom is -0.372 e. The molecule has 5 rings (SSSR count). The molecule has 2 aliphatic heterocycles. The van der Waals surface area contributed by atoms with E-state index in [2.05, 4.69) is 16.5 Å². The van der Waals surface area contributed by atoms with Crippen LogP contribution >= 0.6 is 34.5 Å². The summed E-state index contributed by atoms with van der Waals surface area (Å²) >= 11 is 12.8. The van der Waals surface area contributed by atoms with E-state index in [1.165, 1.54) is 11.3 Å². The Labute approximate surface area is 217 Å². The van der Waals surface area contributed by atoms with E-state index in [9.17, 15) is 27.6 Å². The highest BCUT2D eigenvalue weighted by Crippen LogP contribution is 2.50. The molecule has 1 saturated carbocycles. The number of carbonyl (C=O) groups excluding carboxylic acids is 1. The second-order valence-electron chi connectivity index (χ2n) is 9.24. The Morgan fingerprint density at radius 3 is 2.53 bits per heavy atom. The number of amides is 1. The minimum atomic E-state index is -4.89. The van der Waals surface area contributed by atoms with Gasteiger partial charge in [0.15, 0.2) is 5.82 Å². The van der Waals surface area contributed by atoms with E-state index in [-0.39, 0.29) is 24.8 Å². The molecule has 0 saturated heterocycles. The van der Waals surface area contributed by atoms with E-state index >= 15 is 0 Å². The number of nitriles is 1. The predicted octanol–water partition coefficient (Wildman–Crippen LogP) is 6.04. The molecule has 1 amide bonds. The average molecular weight is 561 g/mol. The molecule has 3 aliphatic rings. The van der Waals surface area contributed by atoms with Crippen LogP contribution in [0.2, 0.25) is 10.0 Å². The van der Waals surface area contributed by atoms with E-state index in [0.29, 0.717) is 11.4 Å². The van der Waals surface area contributed by atoms with E-state index in [4.69, 9.17) is 28.0 Å². The molecule has 1 aromatic carbocycles. The van der Waals surface area contributed by atoms with Crippen LogP contribution in [0.3, 0.4) is 0 Å². The van der Waals surface area contributed by atoms with Crippen molar-refractivity contribution in [1.82, 2.24) is 10.2 Å². The summed E-state index contributed by atoms with van der Waals surface area (Å²) in [6.07, 6.45) is -4.01. The third-order valence-electron chi connectivity index (χ3n) is 6.91. The van der Waals surface area contributed by atoms with E-state index in [1.54, 1.807) is 11.8 Å². The molecule has 1 unspecified atom stereocenters. The first kappa shape index (κ1) is 25.1. The van der Waals surface area contributed by atoms with E-state index < -0.39 is 45.0 Å². The van der Waals surface area contributed by atoms with Crippen LogP contribution in [-0.2, 0) is 23.5 Å². The summed E-state index contributed by atoms with van der Waals surface area (Å²) < 4.78 is 56.6. The monoisotopic (exact) mass is 560 g/mol. The molecule has 1 atom stereocenters. The summed E-state index contributed by atoms with van der Waals surface area (Å²) in [5.74, 6) is -1.21. The number of thiophene rings is 1. The van der Waals surface area contributed by atoms with Gasteiger partial charge in [-0.1, -0.05) is 28.4 Å². The normalized spacial score (nSPS) is 22.1. The summed E-state index contributed by atoms with van der Waals surface area (Å²) in [6, 6.07) is 3.93. The Bertz CT molecular complexity index is 1330. The van der Waals surface area contributed by atoms with Crippen LogP contribution < -0.4 is 5.32 Å². The van der Waals surface area contributed by atoms with Gasteiger partial charge in [-0.25, -0.2) is 4.39 Å². The van der Waals surface area contributed by atoms with Gasteiger partial charge in [-0.3, -0.25) is 4.79 Å². The molecular weight excluding hydrogens is 543 g/mol. The molecule has 1 N–H and O–H groups in total. The number of oxime groups is 1. The number of hydrogen-bond donors (Lipinski definition) is 1. The molecular formula is C23H18Cl2F4N4O2S. The molecule has 1 aromatic heterocycles. The average Bonchev–Trinajstić information content (AvgIpc) is 3.14. The van der Waals surface area contributed by atoms with Gasteiger partial charge >= 0.3 is 6.18 Å². The lowest BCUT2D eigenvalue weighted by molar-refractivity contribution is -0.275. The quantitative estimate of drug-likeness (QED) is 0.365. The van der Waals surface area contributed by atoms with Crippen molar-refractivity contribution >= 4 is 46.3 Å². The van der Waals surface area contributed by atoms with Gasteiger partial charge in [0.25, 0.3) is 11.5 Å². The molecule has 6 nitrogen and oxygen atoms in total. The Morgan fingerprint density at radius 1 is 1.31 bits per heavy atom. The number of benzene rings is 1. The molecule has 0 bridgehead atoms. The van der Waals surface area contributed by atoms with Crippen molar-refractivity contribution < 1.29 is 27.2 Å². The molecule has 0 radical (unpaired) electrons. The third-order valence-corrected chi connectivity index (χ3v) is 8.78. The van der Waals surface area contributed by atoms with Gasteiger partial charge in [0, 0.05) is 23.5 Å². The number of fused-ring (bicyclic) bond motifs is 1. The Kier molecular flexibility index (Phi) is 5.93. The van der Waals surface area contributed by atoms with Crippen molar-refractivity contribution in [3.8, 4) is 6.07 Å².